The molecule has 8 nitrogen and oxygen atoms in total. The largest absolute Gasteiger partial charge is 0.455 e. The Bertz CT molecular complexity index is 647. The summed E-state index contributed by atoms with van der Waals surface area (Å²) in [6, 6.07) is 6.01. The molecule has 0 aliphatic carbocycles. The molecule has 0 saturated carbocycles. The number of amides is 4. The molecule has 0 aliphatic heterocycles. The number of benzene rings is 1. The van der Waals surface area contributed by atoms with Crippen molar-refractivity contribution in [2.75, 3.05) is 11.9 Å². The summed E-state index contributed by atoms with van der Waals surface area (Å²) in [5.41, 5.74) is 0.809. The van der Waals surface area contributed by atoms with Crippen LogP contribution in [0.1, 0.15) is 33.3 Å². The number of carbonyl (C=O) groups excluding carboxylic acids is 4. The predicted molar refractivity (Wildman–Crippen MR) is 91.8 cm³/mol. The molecule has 0 aromatic heterocycles. The number of hydrogen-bond acceptors (Lipinski definition) is 5. The lowest BCUT2D eigenvalue weighted by Gasteiger charge is -2.20. The second-order valence-electron chi connectivity index (χ2n) is 6.47. The fourth-order valence-electron chi connectivity index (χ4n) is 1.81. The van der Waals surface area contributed by atoms with Crippen molar-refractivity contribution in [3.8, 4) is 0 Å². The lowest BCUT2D eigenvalue weighted by atomic mass is 10.1. The molecule has 3 N–H and O–H groups in total. The maximum atomic E-state index is 11.7. The minimum Gasteiger partial charge on any atom is -0.455 e. The number of nitrogens with one attached hydrogen (secondary N) is 3. The first kappa shape index (κ1) is 20.1. The molecule has 0 heterocycles. The first-order valence-electron chi connectivity index (χ1n) is 7.69. The van der Waals surface area contributed by atoms with Gasteiger partial charge in [-0.05, 0) is 38.5 Å². The highest BCUT2D eigenvalue weighted by atomic mass is 16.5. The van der Waals surface area contributed by atoms with E-state index in [0.717, 1.165) is 0 Å². The Labute approximate surface area is 146 Å². The number of rotatable bonds is 5. The smallest absolute Gasteiger partial charge is 0.321 e. The van der Waals surface area contributed by atoms with E-state index in [2.05, 4.69) is 16.0 Å². The van der Waals surface area contributed by atoms with Gasteiger partial charge >= 0.3 is 12.0 Å². The molecule has 0 radical (unpaired) electrons. The van der Waals surface area contributed by atoms with E-state index in [-0.39, 0.29) is 12.3 Å². The Hall–Kier alpha value is -2.90. The summed E-state index contributed by atoms with van der Waals surface area (Å²) in [5.74, 6) is -1.50. The zero-order chi connectivity index (χ0) is 19.0. The topological polar surface area (TPSA) is 114 Å². The summed E-state index contributed by atoms with van der Waals surface area (Å²) < 4.78 is 4.83. The molecule has 0 unspecified atom stereocenters. The van der Waals surface area contributed by atoms with Crippen LogP contribution in [0.15, 0.2) is 24.3 Å². The van der Waals surface area contributed by atoms with Crippen LogP contribution in [0.2, 0.25) is 0 Å². The molecule has 1 aromatic rings. The molecule has 0 atom stereocenters. The first-order valence-corrected chi connectivity index (χ1v) is 7.69. The molecule has 1 aromatic carbocycles. The van der Waals surface area contributed by atoms with Gasteiger partial charge in [0.05, 0.1) is 6.42 Å². The van der Waals surface area contributed by atoms with Crippen molar-refractivity contribution in [3.05, 3.63) is 29.8 Å². The molecule has 0 fully saturated rings. The lowest BCUT2D eigenvalue weighted by Crippen LogP contribution is -2.49. The minimum absolute atomic E-state index is 0.0260. The van der Waals surface area contributed by atoms with Crippen LogP contribution < -0.4 is 16.0 Å². The van der Waals surface area contributed by atoms with Crippen LogP contribution in [0.3, 0.4) is 0 Å². The number of esters is 1. The third-order valence-electron chi connectivity index (χ3n) is 2.73. The molecule has 0 spiro atoms. The number of ether oxygens (including phenoxy) is 1. The van der Waals surface area contributed by atoms with Crippen molar-refractivity contribution in [2.24, 2.45) is 0 Å². The average molecular weight is 349 g/mol. The van der Waals surface area contributed by atoms with Gasteiger partial charge in [-0.1, -0.05) is 12.1 Å². The lowest BCUT2D eigenvalue weighted by molar-refractivity contribution is -0.147. The Morgan fingerprint density at radius 1 is 1.04 bits per heavy atom. The van der Waals surface area contributed by atoms with Gasteiger partial charge in [-0.15, -0.1) is 0 Å². The van der Waals surface area contributed by atoms with E-state index in [1.807, 2.05) is 0 Å². The fraction of sp³-hybridized carbons (Fsp3) is 0.412. The van der Waals surface area contributed by atoms with E-state index in [0.29, 0.717) is 11.3 Å². The quantitative estimate of drug-likeness (QED) is 0.695. The summed E-state index contributed by atoms with van der Waals surface area (Å²) in [6.07, 6.45) is -0.0260. The monoisotopic (exact) mass is 349 g/mol. The minimum atomic E-state index is -0.712. The van der Waals surface area contributed by atoms with E-state index in [4.69, 9.17) is 4.74 Å². The van der Waals surface area contributed by atoms with Crippen molar-refractivity contribution < 1.29 is 23.9 Å². The fourth-order valence-corrected chi connectivity index (χ4v) is 1.81. The molecule has 0 saturated heterocycles. The number of carbonyl (C=O) groups is 4. The molecule has 0 bridgehead atoms. The van der Waals surface area contributed by atoms with Crippen molar-refractivity contribution in [1.29, 1.82) is 0 Å². The van der Waals surface area contributed by atoms with E-state index >= 15 is 0 Å². The molecule has 0 aliphatic rings. The SMILES string of the molecule is CC(=O)Nc1ccc(CC(=O)OCC(=O)NC(=O)NC(C)(C)C)cc1. The second-order valence-corrected chi connectivity index (χ2v) is 6.47. The first-order chi connectivity index (χ1) is 11.5. The molecular weight excluding hydrogens is 326 g/mol. The number of imide groups is 1. The Morgan fingerprint density at radius 3 is 2.16 bits per heavy atom. The zero-order valence-electron chi connectivity index (χ0n) is 14.8. The van der Waals surface area contributed by atoms with Gasteiger partial charge in [-0.2, -0.15) is 0 Å². The number of hydrogen-bond donors (Lipinski definition) is 3. The van der Waals surface area contributed by atoms with Gasteiger partial charge in [0.15, 0.2) is 6.61 Å². The van der Waals surface area contributed by atoms with Crippen LogP contribution in [-0.2, 0) is 25.5 Å². The summed E-state index contributed by atoms with van der Waals surface area (Å²) in [5, 5.41) is 7.24. The molecule has 136 valence electrons. The van der Waals surface area contributed by atoms with Gasteiger partial charge in [0.1, 0.15) is 0 Å². The van der Waals surface area contributed by atoms with Crippen molar-refractivity contribution in [3.63, 3.8) is 0 Å². The molecule has 25 heavy (non-hydrogen) atoms. The van der Waals surface area contributed by atoms with Gasteiger partial charge in [-0.3, -0.25) is 19.7 Å². The highest BCUT2D eigenvalue weighted by Crippen LogP contribution is 2.10. The van der Waals surface area contributed by atoms with Crippen molar-refractivity contribution in [1.82, 2.24) is 10.6 Å². The molecular formula is C17H23N3O5. The van der Waals surface area contributed by atoms with E-state index in [9.17, 15) is 19.2 Å². The van der Waals surface area contributed by atoms with Gasteiger partial charge in [0.2, 0.25) is 5.91 Å². The van der Waals surface area contributed by atoms with E-state index in [1.165, 1.54) is 6.92 Å². The van der Waals surface area contributed by atoms with Gasteiger partial charge in [0.25, 0.3) is 5.91 Å². The number of anilines is 1. The molecule has 8 heteroatoms. The average Bonchev–Trinajstić information content (AvgIpc) is 2.44. The van der Waals surface area contributed by atoms with Gasteiger partial charge in [0, 0.05) is 18.2 Å². The van der Waals surface area contributed by atoms with Gasteiger partial charge in [-0.25, -0.2) is 4.79 Å². The third kappa shape index (κ3) is 9.09. The van der Waals surface area contributed by atoms with Crippen LogP contribution >= 0.6 is 0 Å². The summed E-state index contributed by atoms with van der Waals surface area (Å²) >= 11 is 0. The summed E-state index contributed by atoms with van der Waals surface area (Å²) in [4.78, 5) is 45.7. The Morgan fingerprint density at radius 2 is 1.64 bits per heavy atom. The maximum absolute atomic E-state index is 11.7. The summed E-state index contributed by atoms with van der Waals surface area (Å²) in [6.45, 7) is 6.18. The highest BCUT2D eigenvalue weighted by molar-refractivity contribution is 5.95. The Balaban J connectivity index is 2.38. The van der Waals surface area contributed by atoms with Crippen molar-refractivity contribution >= 4 is 29.5 Å². The number of urea groups is 1. The predicted octanol–water partition coefficient (Wildman–Crippen LogP) is 1.35. The highest BCUT2D eigenvalue weighted by Gasteiger charge is 2.16. The zero-order valence-corrected chi connectivity index (χ0v) is 14.8. The van der Waals surface area contributed by atoms with Crippen LogP contribution in [0.4, 0.5) is 10.5 Å². The second kappa shape index (κ2) is 8.81. The van der Waals surface area contributed by atoms with Crippen molar-refractivity contribution in [2.45, 2.75) is 39.7 Å². The van der Waals surface area contributed by atoms with Crippen LogP contribution in [0, 0.1) is 0 Å². The van der Waals surface area contributed by atoms with Crippen LogP contribution in [0.25, 0.3) is 0 Å². The maximum Gasteiger partial charge on any atom is 0.321 e. The van der Waals surface area contributed by atoms with Gasteiger partial charge < -0.3 is 15.4 Å². The van der Waals surface area contributed by atoms with Crippen LogP contribution in [-0.4, -0.2) is 36.0 Å². The Kier molecular flexibility index (Phi) is 7.10. The standard InChI is InChI=1S/C17H23N3O5/c1-11(21)18-13-7-5-12(6-8-13)9-15(23)25-10-14(22)19-16(24)20-17(2,3)4/h5-8H,9-10H2,1-4H3,(H,18,21)(H2,19,20,22,24). The third-order valence-corrected chi connectivity index (χ3v) is 2.73. The summed E-state index contributed by atoms with van der Waals surface area (Å²) in [7, 11) is 0. The van der Waals surface area contributed by atoms with E-state index < -0.39 is 30.1 Å². The molecule has 4 amide bonds. The molecule has 1 rings (SSSR count). The van der Waals surface area contributed by atoms with Crippen LogP contribution in [0.5, 0.6) is 0 Å². The van der Waals surface area contributed by atoms with E-state index in [1.54, 1.807) is 45.0 Å². The normalized spacial score (nSPS) is 10.6.